The summed E-state index contributed by atoms with van der Waals surface area (Å²) in [5.41, 5.74) is -3.90. The Hall–Kier alpha value is -1.85. The van der Waals surface area contributed by atoms with Crippen LogP contribution in [0.3, 0.4) is 0 Å². The average molecular weight is 331 g/mol. The van der Waals surface area contributed by atoms with Gasteiger partial charge < -0.3 is 5.11 Å². The fourth-order valence-corrected chi connectivity index (χ4v) is 2.21. The molecule has 0 aromatic heterocycles. The first-order valence-electron chi connectivity index (χ1n) is 6.23. The highest BCUT2D eigenvalue weighted by Gasteiger charge is 2.54. The van der Waals surface area contributed by atoms with Crippen LogP contribution in [-0.4, -0.2) is 11.3 Å². The van der Waals surface area contributed by atoms with Crippen molar-refractivity contribution in [2.45, 2.75) is 11.8 Å². The van der Waals surface area contributed by atoms with E-state index in [0.717, 1.165) is 18.2 Å². The number of hydrogen-bond donors (Lipinski definition) is 1. The molecule has 22 heavy (non-hydrogen) atoms. The highest BCUT2D eigenvalue weighted by Crippen LogP contribution is 2.43. The second-order valence-corrected chi connectivity index (χ2v) is 5.01. The molecule has 116 valence electrons. The Labute approximate surface area is 129 Å². The summed E-state index contributed by atoms with van der Waals surface area (Å²) in [7, 11) is 0. The molecule has 1 unspecified atom stereocenters. The van der Waals surface area contributed by atoms with Crippen molar-refractivity contribution in [2.24, 2.45) is 0 Å². The molecule has 2 aromatic carbocycles. The Morgan fingerprint density at radius 3 is 2.14 bits per heavy atom. The molecular formula is C16H11ClF4O. The molecule has 1 nitrogen and oxygen atoms in total. The van der Waals surface area contributed by atoms with Gasteiger partial charge >= 0.3 is 6.18 Å². The van der Waals surface area contributed by atoms with Crippen molar-refractivity contribution in [1.82, 2.24) is 0 Å². The minimum absolute atomic E-state index is 0.0720. The van der Waals surface area contributed by atoms with Gasteiger partial charge in [0.15, 0.2) is 0 Å². The Balaban J connectivity index is 2.53. The largest absolute Gasteiger partial charge is 0.425 e. The van der Waals surface area contributed by atoms with E-state index in [2.05, 4.69) is 0 Å². The molecule has 0 saturated carbocycles. The zero-order valence-corrected chi connectivity index (χ0v) is 11.9. The average Bonchev–Trinajstić information content (AvgIpc) is 2.45. The molecule has 6 heteroatoms. The standard InChI is InChI=1S/C16H11ClF4O/c17-13-7-3-2-6-12(13)15(22,16(19,20)21)10-9-11-5-1-4-8-14(11)18/h1-10,22H. The van der Waals surface area contributed by atoms with Gasteiger partial charge in [-0.15, -0.1) is 0 Å². The molecule has 2 rings (SSSR count). The molecule has 1 N–H and O–H groups in total. The highest BCUT2D eigenvalue weighted by atomic mass is 35.5. The van der Waals surface area contributed by atoms with Gasteiger partial charge in [0.05, 0.1) is 0 Å². The molecule has 0 radical (unpaired) electrons. The second-order valence-electron chi connectivity index (χ2n) is 4.60. The van der Waals surface area contributed by atoms with Gasteiger partial charge in [-0.05, 0) is 18.2 Å². The van der Waals surface area contributed by atoms with Crippen LogP contribution < -0.4 is 0 Å². The van der Waals surface area contributed by atoms with E-state index in [0.29, 0.717) is 6.08 Å². The van der Waals surface area contributed by atoms with E-state index in [4.69, 9.17) is 11.6 Å². The fourth-order valence-electron chi connectivity index (χ4n) is 1.93. The molecule has 0 saturated heterocycles. The molecule has 0 aliphatic rings. The van der Waals surface area contributed by atoms with Crippen LogP contribution >= 0.6 is 11.6 Å². The van der Waals surface area contributed by atoms with Crippen LogP contribution in [0.5, 0.6) is 0 Å². The Kier molecular flexibility index (Phi) is 4.58. The quantitative estimate of drug-likeness (QED) is 0.790. The lowest BCUT2D eigenvalue weighted by Crippen LogP contribution is -2.40. The van der Waals surface area contributed by atoms with Crippen LogP contribution in [0.1, 0.15) is 11.1 Å². The Bertz CT molecular complexity index is 697. The zero-order chi connectivity index (χ0) is 16.4. The first-order valence-corrected chi connectivity index (χ1v) is 6.61. The van der Waals surface area contributed by atoms with Crippen LogP contribution in [0.15, 0.2) is 54.6 Å². The number of benzene rings is 2. The molecular weight excluding hydrogens is 320 g/mol. The van der Waals surface area contributed by atoms with E-state index >= 15 is 0 Å². The van der Waals surface area contributed by atoms with E-state index in [1.54, 1.807) is 0 Å². The van der Waals surface area contributed by atoms with Crippen LogP contribution in [0.4, 0.5) is 17.6 Å². The molecule has 0 aliphatic carbocycles. The predicted molar refractivity (Wildman–Crippen MR) is 76.8 cm³/mol. The summed E-state index contributed by atoms with van der Waals surface area (Å²) in [5, 5.41) is 9.90. The van der Waals surface area contributed by atoms with Crippen molar-refractivity contribution in [3.05, 3.63) is 76.6 Å². The van der Waals surface area contributed by atoms with Crippen LogP contribution in [-0.2, 0) is 5.60 Å². The molecule has 2 aromatic rings. The highest BCUT2D eigenvalue weighted by molar-refractivity contribution is 6.31. The minimum Gasteiger partial charge on any atom is -0.373 e. The Morgan fingerprint density at radius 1 is 0.955 bits per heavy atom. The summed E-state index contributed by atoms with van der Waals surface area (Å²) >= 11 is 5.76. The van der Waals surface area contributed by atoms with Crippen LogP contribution in [0.2, 0.25) is 5.02 Å². The molecule has 0 aliphatic heterocycles. The maximum absolute atomic E-state index is 13.5. The smallest absolute Gasteiger partial charge is 0.373 e. The normalized spacial score (nSPS) is 15.0. The van der Waals surface area contributed by atoms with Crippen molar-refractivity contribution in [1.29, 1.82) is 0 Å². The fraction of sp³-hybridized carbons (Fsp3) is 0.125. The maximum atomic E-state index is 13.5. The van der Waals surface area contributed by atoms with Gasteiger partial charge in [-0.3, -0.25) is 0 Å². The van der Waals surface area contributed by atoms with Crippen molar-refractivity contribution in [2.75, 3.05) is 0 Å². The third kappa shape index (κ3) is 3.15. The SMILES string of the molecule is OC(C=Cc1ccccc1F)(c1ccccc1Cl)C(F)(F)F. The number of aliphatic hydroxyl groups is 1. The minimum atomic E-state index is -5.01. The number of halogens is 5. The lowest BCUT2D eigenvalue weighted by atomic mass is 9.91. The summed E-state index contributed by atoms with van der Waals surface area (Å²) in [6.07, 6.45) is -3.64. The van der Waals surface area contributed by atoms with E-state index in [1.807, 2.05) is 0 Å². The van der Waals surface area contributed by atoms with Crippen LogP contribution in [0, 0.1) is 5.82 Å². The molecule has 1 atom stereocenters. The molecule has 0 bridgehead atoms. The van der Waals surface area contributed by atoms with Crippen LogP contribution in [0.25, 0.3) is 6.08 Å². The van der Waals surface area contributed by atoms with Gasteiger partial charge in [0.2, 0.25) is 5.60 Å². The van der Waals surface area contributed by atoms with E-state index in [-0.39, 0.29) is 10.6 Å². The van der Waals surface area contributed by atoms with Crippen molar-refractivity contribution >= 4 is 17.7 Å². The number of rotatable bonds is 3. The lowest BCUT2D eigenvalue weighted by molar-refractivity contribution is -0.244. The second kappa shape index (κ2) is 6.10. The van der Waals surface area contributed by atoms with Gasteiger partial charge in [0, 0.05) is 16.1 Å². The van der Waals surface area contributed by atoms with Crippen molar-refractivity contribution in [3.8, 4) is 0 Å². The summed E-state index contributed by atoms with van der Waals surface area (Å²) in [6.45, 7) is 0. The first kappa shape index (κ1) is 16.5. The van der Waals surface area contributed by atoms with Gasteiger partial charge in [0.1, 0.15) is 5.82 Å². The van der Waals surface area contributed by atoms with Gasteiger partial charge in [-0.25, -0.2) is 4.39 Å². The first-order chi connectivity index (χ1) is 10.3. The monoisotopic (exact) mass is 330 g/mol. The van der Waals surface area contributed by atoms with Gasteiger partial charge in [0.25, 0.3) is 0 Å². The van der Waals surface area contributed by atoms with E-state index in [1.165, 1.54) is 36.4 Å². The number of hydrogen-bond acceptors (Lipinski definition) is 1. The molecule has 0 amide bonds. The Morgan fingerprint density at radius 2 is 1.55 bits per heavy atom. The zero-order valence-electron chi connectivity index (χ0n) is 11.1. The molecule has 0 heterocycles. The number of alkyl halides is 3. The maximum Gasteiger partial charge on any atom is 0.425 e. The summed E-state index contributed by atoms with van der Waals surface area (Å²) in [6, 6.07) is 10.4. The van der Waals surface area contributed by atoms with Crippen molar-refractivity contribution < 1.29 is 22.7 Å². The predicted octanol–water partition coefficient (Wildman–Crippen LogP) is 4.94. The van der Waals surface area contributed by atoms with Gasteiger partial charge in [-0.2, -0.15) is 13.2 Å². The van der Waals surface area contributed by atoms with E-state index < -0.39 is 23.2 Å². The molecule has 0 spiro atoms. The topological polar surface area (TPSA) is 20.2 Å². The summed E-state index contributed by atoms with van der Waals surface area (Å²) in [4.78, 5) is 0. The summed E-state index contributed by atoms with van der Waals surface area (Å²) in [5.74, 6) is -0.692. The molecule has 0 fully saturated rings. The lowest BCUT2D eigenvalue weighted by Gasteiger charge is -2.28. The third-order valence-corrected chi connectivity index (χ3v) is 3.46. The van der Waals surface area contributed by atoms with Crippen molar-refractivity contribution in [3.63, 3.8) is 0 Å². The summed E-state index contributed by atoms with van der Waals surface area (Å²) < 4.78 is 53.5. The van der Waals surface area contributed by atoms with E-state index in [9.17, 15) is 22.7 Å². The van der Waals surface area contributed by atoms with Gasteiger partial charge in [-0.1, -0.05) is 54.1 Å². The third-order valence-electron chi connectivity index (χ3n) is 3.13.